The summed E-state index contributed by atoms with van der Waals surface area (Å²) in [4.78, 5) is 57.5. The maximum atomic E-state index is 14.0. The summed E-state index contributed by atoms with van der Waals surface area (Å²) in [6.07, 6.45) is 6.06. The number of hydrogen-bond acceptors (Lipinski definition) is 6. The van der Waals surface area contributed by atoms with Gasteiger partial charge in [-0.15, -0.1) is 0 Å². The van der Waals surface area contributed by atoms with Gasteiger partial charge >= 0.3 is 0 Å². The number of aliphatic hydroxyl groups is 1. The molecule has 3 saturated carbocycles. The van der Waals surface area contributed by atoms with Gasteiger partial charge in [0.15, 0.2) is 5.78 Å². The van der Waals surface area contributed by atoms with Gasteiger partial charge in [-0.25, -0.2) is 0 Å². The van der Waals surface area contributed by atoms with Crippen LogP contribution in [0, 0.1) is 17.8 Å². The molecule has 5 rings (SSSR count). The molecule has 1 heterocycles. The van der Waals surface area contributed by atoms with Crippen LogP contribution in [0.25, 0.3) is 0 Å². The van der Waals surface area contributed by atoms with Gasteiger partial charge in [0.05, 0.1) is 17.4 Å². The summed E-state index contributed by atoms with van der Waals surface area (Å²) in [6, 6.07) is 5.98. The summed E-state index contributed by atoms with van der Waals surface area (Å²) in [5, 5.41) is 13.0. The predicted octanol–water partition coefficient (Wildman–Crippen LogP) is 1.51. The maximum absolute atomic E-state index is 14.0. The highest BCUT2D eigenvalue weighted by Gasteiger charge is 2.58. The Morgan fingerprint density at radius 2 is 1.44 bits per heavy atom. The first-order valence-corrected chi connectivity index (χ1v) is 13.3. The van der Waals surface area contributed by atoms with Gasteiger partial charge in [-0.05, 0) is 75.3 Å². The van der Waals surface area contributed by atoms with E-state index in [0.29, 0.717) is 36.3 Å². The molecule has 1 aromatic carbocycles. The number of para-hydroxylation sites is 2. The van der Waals surface area contributed by atoms with E-state index in [9.17, 15) is 24.3 Å². The van der Waals surface area contributed by atoms with E-state index in [4.69, 9.17) is 5.73 Å². The zero-order valence-corrected chi connectivity index (χ0v) is 20.8. The number of fused-ring (bicyclic) bond motifs is 1. The average molecular weight is 497 g/mol. The van der Waals surface area contributed by atoms with Crippen molar-refractivity contribution in [1.82, 2.24) is 5.32 Å². The minimum atomic E-state index is -2.48. The second-order valence-corrected chi connectivity index (χ2v) is 11.1. The summed E-state index contributed by atoms with van der Waals surface area (Å²) in [5.74, 6) is -2.61. The van der Waals surface area contributed by atoms with Gasteiger partial charge in [-0.3, -0.25) is 19.2 Å². The molecule has 1 aliphatic heterocycles. The standard InChI is InChI=1S/C27H36N4O5/c1-16(29-24(34)22(32)19-6-2-3-7-19)23(33)27(28)25(35)30(14-17-10-11-17)20-8-4-5-9-21(20)31(26(27)36)15-18-12-13-18/h4-5,8-9,16-19,22,32H,2-3,6-7,10-15,28H2,1H3,(H,29,34)/t16-,22?/m0/s1. The number of rotatable bonds is 9. The molecular weight excluding hydrogens is 460 g/mol. The lowest BCUT2D eigenvalue weighted by Crippen LogP contribution is -2.71. The van der Waals surface area contributed by atoms with Crippen molar-refractivity contribution in [2.45, 2.75) is 76.0 Å². The van der Waals surface area contributed by atoms with Crippen molar-refractivity contribution in [1.29, 1.82) is 0 Å². The number of carbonyl (C=O) groups excluding carboxylic acids is 4. The van der Waals surface area contributed by atoms with E-state index in [2.05, 4.69) is 5.32 Å². The minimum Gasteiger partial charge on any atom is -0.383 e. The molecule has 0 aromatic heterocycles. The largest absolute Gasteiger partial charge is 0.383 e. The maximum Gasteiger partial charge on any atom is 0.264 e. The Kier molecular flexibility index (Phi) is 6.63. The Labute approximate surface area is 211 Å². The minimum absolute atomic E-state index is 0.155. The summed E-state index contributed by atoms with van der Waals surface area (Å²) < 4.78 is 0. The summed E-state index contributed by atoms with van der Waals surface area (Å²) in [7, 11) is 0. The van der Waals surface area contributed by atoms with Crippen molar-refractivity contribution in [3.8, 4) is 0 Å². The number of nitrogens with zero attached hydrogens (tertiary/aromatic N) is 2. The number of aliphatic hydroxyl groups excluding tert-OH is 1. The molecule has 1 unspecified atom stereocenters. The van der Waals surface area contributed by atoms with Crippen LogP contribution in [0.1, 0.15) is 58.3 Å². The third kappa shape index (κ3) is 4.54. The molecule has 194 valence electrons. The van der Waals surface area contributed by atoms with Crippen LogP contribution in [-0.2, 0) is 19.2 Å². The molecule has 4 N–H and O–H groups in total. The number of benzene rings is 1. The van der Waals surface area contributed by atoms with Gasteiger partial charge in [0, 0.05) is 13.1 Å². The quantitative estimate of drug-likeness (QED) is 0.444. The molecule has 0 bridgehead atoms. The predicted molar refractivity (Wildman–Crippen MR) is 134 cm³/mol. The van der Waals surface area contributed by atoms with Gasteiger partial charge in [0.25, 0.3) is 11.8 Å². The monoisotopic (exact) mass is 496 g/mol. The van der Waals surface area contributed by atoms with E-state index in [1.807, 2.05) is 12.1 Å². The van der Waals surface area contributed by atoms with Crippen LogP contribution in [-0.4, -0.2) is 59.4 Å². The zero-order chi connectivity index (χ0) is 25.6. The van der Waals surface area contributed by atoms with Crippen LogP contribution in [0.4, 0.5) is 11.4 Å². The van der Waals surface area contributed by atoms with Gasteiger partial charge in [0.1, 0.15) is 6.10 Å². The molecule has 0 radical (unpaired) electrons. The van der Waals surface area contributed by atoms with Crippen LogP contribution >= 0.6 is 0 Å². The van der Waals surface area contributed by atoms with Crippen molar-refractivity contribution in [3.63, 3.8) is 0 Å². The smallest absolute Gasteiger partial charge is 0.264 e. The summed E-state index contributed by atoms with van der Waals surface area (Å²) >= 11 is 0. The summed E-state index contributed by atoms with van der Waals surface area (Å²) in [6.45, 7) is 2.19. The zero-order valence-electron chi connectivity index (χ0n) is 20.8. The lowest BCUT2D eigenvalue weighted by Gasteiger charge is -2.33. The van der Waals surface area contributed by atoms with Crippen LogP contribution in [0.5, 0.6) is 0 Å². The van der Waals surface area contributed by atoms with Crippen LogP contribution in [0.3, 0.4) is 0 Å². The van der Waals surface area contributed by atoms with Crippen LogP contribution in [0.15, 0.2) is 24.3 Å². The number of nitrogens with two attached hydrogens (primary N) is 1. The number of hydrogen-bond donors (Lipinski definition) is 3. The molecular formula is C27H36N4O5. The second kappa shape index (κ2) is 9.59. The highest BCUT2D eigenvalue weighted by atomic mass is 16.3. The van der Waals surface area contributed by atoms with Crippen LogP contribution < -0.4 is 20.9 Å². The molecule has 9 nitrogen and oxygen atoms in total. The molecule has 36 heavy (non-hydrogen) atoms. The Morgan fingerprint density at radius 1 is 0.972 bits per heavy atom. The van der Waals surface area contributed by atoms with Gasteiger partial charge < -0.3 is 26.0 Å². The molecule has 0 spiro atoms. The normalized spacial score (nSPS) is 23.8. The SMILES string of the molecule is C[C@H](NC(=O)C(O)C1CCCC1)C(=O)C1(N)C(=O)N(CC2CC2)c2ccccc2N(CC2CC2)C1=O. The first-order valence-electron chi connectivity index (χ1n) is 13.3. The lowest BCUT2D eigenvalue weighted by atomic mass is 9.87. The molecule has 0 saturated heterocycles. The summed E-state index contributed by atoms with van der Waals surface area (Å²) in [5.41, 5.74) is 5.25. The molecule has 4 aliphatic rings. The van der Waals surface area contributed by atoms with E-state index in [0.717, 1.165) is 51.4 Å². The molecule has 3 fully saturated rings. The Bertz CT molecular complexity index is 1010. The van der Waals surface area contributed by atoms with Crippen molar-refractivity contribution in [3.05, 3.63) is 24.3 Å². The van der Waals surface area contributed by atoms with Gasteiger partial charge in [-0.1, -0.05) is 25.0 Å². The fraction of sp³-hybridized carbons (Fsp3) is 0.630. The first kappa shape index (κ1) is 24.9. The van der Waals surface area contributed by atoms with Gasteiger partial charge in [-0.2, -0.15) is 0 Å². The van der Waals surface area contributed by atoms with Crippen LogP contribution in [0.2, 0.25) is 0 Å². The number of carbonyl (C=O) groups is 4. The number of anilines is 2. The van der Waals surface area contributed by atoms with Gasteiger partial charge in [0.2, 0.25) is 11.4 Å². The third-order valence-corrected chi connectivity index (χ3v) is 8.16. The Balaban J connectivity index is 1.46. The molecule has 3 aliphatic carbocycles. The third-order valence-electron chi connectivity index (χ3n) is 8.16. The number of nitrogens with one attached hydrogen (secondary N) is 1. The highest BCUT2D eigenvalue weighted by Crippen LogP contribution is 2.41. The highest BCUT2D eigenvalue weighted by molar-refractivity contribution is 6.37. The van der Waals surface area contributed by atoms with Crippen molar-refractivity contribution >= 4 is 34.9 Å². The Hall–Kier alpha value is -2.78. The van der Waals surface area contributed by atoms with E-state index >= 15 is 0 Å². The second-order valence-electron chi connectivity index (χ2n) is 11.1. The molecule has 1 aromatic rings. The van der Waals surface area contributed by atoms with Crippen molar-refractivity contribution < 1.29 is 24.3 Å². The molecule has 9 heteroatoms. The lowest BCUT2D eigenvalue weighted by molar-refractivity contribution is -0.144. The fourth-order valence-electron chi connectivity index (χ4n) is 5.54. The van der Waals surface area contributed by atoms with E-state index in [1.165, 1.54) is 16.7 Å². The average Bonchev–Trinajstić information content (AvgIpc) is 3.82. The number of Topliss-reactive ketones (excluding diaryl/α,β-unsaturated/α-hetero) is 1. The molecule has 2 atom stereocenters. The Morgan fingerprint density at radius 3 is 1.89 bits per heavy atom. The van der Waals surface area contributed by atoms with E-state index in [-0.39, 0.29) is 5.92 Å². The topological polar surface area (TPSA) is 133 Å². The van der Waals surface area contributed by atoms with E-state index < -0.39 is 41.2 Å². The molecule has 3 amide bonds. The van der Waals surface area contributed by atoms with Crippen molar-refractivity contribution in [2.75, 3.05) is 22.9 Å². The number of amides is 3. The fourth-order valence-corrected chi connectivity index (χ4v) is 5.54. The first-order chi connectivity index (χ1) is 17.2. The van der Waals surface area contributed by atoms with Crippen molar-refractivity contribution in [2.24, 2.45) is 23.5 Å². The number of ketones is 1. The van der Waals surface area contributed by atoms with E-state index in [1.54, 1.807) is 12.1 Å².